The van der Waals surface area contributed by atoms with Gasteiger partial charge in [-0.05, 0) is 18.2 Å². The van der Waals surface area contributed by atoms with Gasteiger partial charge in [0.2, 0.25) is 0 Å². The van der Waals surface area contributed by atoms with Crippen LogP contribution >= 0.6 is 0 Å². The normalized spacial score (nSPS) is 18.8. The number of benzene rings is 1. The van der Waals surface area contributed by atoms with Crippen molar-refractivity contribution in [3.63, 3.8) is 0 Å². The summed E-state index contributed by atoms with van der Waals surface area (Å²) in [4.78, 5) is 14.4. The monoisotopic (exact) mass is 386 g/mol. The number of likely N-dealkylation sites (tertiary alicyclic amines) is 1. The van der Waals surface area contributed by atoms with Crippen LogP contribution in [0.25, 0.3) is 0 Å². The Labute approximate surface area is 158 Å². The minimum absolute atomic E-state index is 0.118. The van der Waals surface area contributed by atoms with E-state index in [1.807, 2.05) is 11.0 Å². The van der Waals surface area contributed by atoms with Crippen LogP contribution in [0, 0.1) is 5.92 Å². The third-order valence-corrected chi connectivity index (χ3v) is 6.26. The lowest BCUT2D eigenvalue weighted by Gasteiger charge is -2.40. The molecule has 0 aliphatic carbocycles. The van der Waals surface area contributed by atoms with Crippen molar-refractivity contribution in [3.8, 4) is 0 Å². The molecule has 0 spiro atoms. The first-order valence-corrected chi connectivity index (χ1v) is 10.4. The highest BCUT2D eigenvalue weighted by atomic mass is 32.2. The van der Waals surface area contributed by atoms with Crippen molar-refractivity contribution in [2.24, 2.45) is 10.3 Å². The maximum atomic E-state index is 12.2. The second kappa shape index (κ2) is 6.02. The summed E-state index contributed by atoms with van der Waals surface area (Å²) in [7, 11) is -3.60. The van der Waals surface area contributed by atoms with Crippen LogP contribution in [-0.2, 0) is 22.0 Å². The molecule has 1 saturated heterocycles. The summed E-state index contributed by atoms with van der Waals surface area (Å²) in [5.41, 5.74) is 1.28. The van der Waals surface area contributed by atoms with E-state index in [2.05, 4.69) is 30.3 Å². The molecule has 3 heterocycles. The van der Waals surface area contributed by atoms with Crippen molar-refractivity contribution >= 4 is 15.9 Å². The van der Waals surface area contributed by atoms with Crippen LogP contribution in [0.5, 0.6) is 0 Å². The zero-order valence-corrected chi connectivity index (χ0v) is 16.4. The average molecular weight is 386 g/mol. The maximum Gasteiger partial charge on any atom is 0.285 e. The third-order valence-electron chi connectivity index (χ3n) is 4.94. The lowest BCUT2D eigenvalue weighted by molar-refractivity contribution is 0.161. The molecular weight excluding hydrogens is 364 g/mol. The third kappa shape index (κ3) is 3.18. The first-order chi connectivity index (χ1) is 12.6. The lowest BCUT2D eigenvalue weighted by Crippen LogP contribution is -2.52. The largest absolute Gasteiger partial charge is 0.355 e. The number of aromatic nitrogens is 2. The van der Waals surface area contributed by atoms with Crippen LogP contribution in [-0.4, -0.2) is 42.0 Å². The zero-order valence-electron chi connectivity index (χ0n) is 15.6. The fourth-order valence-corrected chi connectivity index (χ4v) is 4.63. The molecule has 2 aromatic rings. The topological polar surface area (TPSA) is 84.6 Å². The van der Waals surface area contributed by atoms with Crippen molar-refractivity contribution in [1.29, 1.82) is 0 Å². The molecule has 8 heteroatoms. The Bertz CT molecular complexity index is 1090. The molecule has 7 nitrogen and oxygen atoms in total. The van der Waals surface area contributed by atoms with E-state index in [1.165, 1.54) is 4.68 Å². The zero-order chi connectivity index (χ0) is 19.4. The molecule has 142 valence electrons. The van der Waals surface area contributed by atoms with Crippen LogP contribution in [0.1, 0.15) is 32.0 Å². The number of hydrogen-bond donors (Lipinski definition) is 0. The molecule has 1 fully saturated rings. The highest BCUT2D eigenvalue weighted by Crippen LogP contribution is 2.31. The van der Waals surface area contributed by atoms with Gasteiger partial charge >= 0.3 is 0 Å². The molecule has 0 unspecified atom stereocenters. The number of fused-ring (bicyclic) bond motifs is 1. The predicted molar refractivity (Wildman–Crippen MR) is 102 cm³/mol. The van der Waals surface area contributed by atoms with E-state index in [-0.39, 0.29) is 21.8 Å². The molecule has 2 aliphatic rings. The van der Waals surface area contributed by atoms with Crippen molar-refractivity contribution in [2.75, 3.05) is 13.1 Å². The molecule has 0 radical (unpaired) electrons. The summed E-state index contributed by atoms with van der Waals surface area (Å²) in [5, 5.41) is 4.51. The summed E-state index contributed by atoms with van der Waals surface area (Å²) in [6.45, 7) is 8.00. The summed E-state index contributed by atoms with van der Waals surface area (Å²) in [6, 6.07) is 10.2. The van der Waals surface area contributed by atoms with Crippen molar-refractivity contribution < 1.29 is 8.42 Å². The van der Waals surface area contributed by atoms with Crippen LogP contribution in [0.3, 0.4) is 0 Å². The van der Waals surface area contributed by atoms with Gasteiger partial charge in [-0.15, -0.1) is 4.40 Å². The Morgan fingerprint density at radius 1 is 1.11 bits per heavy atom. The number of rotatable bonds is 2. The molecular formula is C19H22N4O3S. The lowest BCUT2D eigenvalue weighted by atomic mass is 9.92. The van der Waals surface area contributed by atoms with Crippen LogP contribution in [0.2, 0.25) is 0 Å². The maximum absolute atomic E-state index is 12.2. The number of sulfonamides is 1. The fourth-order valence-electron chi connectivity index (χ4n) is 3.40. The van der Waals surface area contributed by atoms with Gasteiger partial charge in [-0.2, -0.15) is 13.5 Å². The SMILES string of the molecule is CC(C)(C)c1ccc(=O)n(CC2CN(C3=NS(=O)(=O)c4ccccc43)C2)n1. The highest BCUT2D eigenvalue weighted by Gasteiger charge is 2.37. The first-order valence-electron chi connectivity index (χ1n) is 8.93. The number of nitrogens with zero attached hydrogens (tertiary/aromatic N) is 4. The predicted octanol–water partition coefficient (Wildman–Crippen LogP) is 1.62. The first kappa shape index (κ1) is 17.9. The summed E-state index contributed by atoms with van der Waals surface area (Å²) in [5.74, 6) is 0.731. The minimum Gasteiger partial charge on any atom is -0.355 e. The highest BCUT2D eigenvalue weighted by molar-refractivity contribution is 7.90. The van der Waals surface area contributed by atoms with Gasteiger partial charge < -0.3 is 4.90 Å². The molecule has 0 N–H and O–H groups in total. The Morgan fingerprint density at radius 3 is 2.52 bits per heavy atom. The van der Waals surface area contributed by atoms with Crippen LogP contribution in [0.15, 0.2) is 50.5 Å². The molecule has 27 heavy (non-hydrogen) atoms. The Balaban J connectivity index is 1.50. The van der Waals surface area contributed by atoms with E-state index < -0.39 is 10.0 Å². The Hall–Kier alpha value is -2.48. The van der Waals surface area contributed by atoms with Crippen molar-refractivity contribution in [1.82, 2.24) is 14.7 Å². The molecule has 0 bridgehead atoms. The summed E-state index contributed by atoms with van der Waals surface area (Å²) in [6.07, 6.45) is 0. The fraction of sp³-hybridized carbons (Fsp3) is 0.421. The van der Waals surface area contributed by atoms with E-state index in [9.17, 15) is 13.2 Å². The van der Waals surface area contributed by atoms with Gasteiger partial charge in [0, 0.05) is 36.1 Å². The molecule has 0 amide bonds. The van der Waals surface area contributed by atoms with Gasteiger partial charge in [0.15, 0.2) is 5.84 Å². The minimum atomic E-state index is -3.60. The van der Waals surface area contributed by atoms with E-state index in [0.29, 0.717) is 31.0 Å². The molecule has 2 aliphatic heterocycles. The van der Waals surface area contributed by atoms with E-state index in [4.69, 9.17) is 0 Å². The smallest absolute Gasteiger partial charge is 0.285 e. The van der Waals surface area contributed by atoms with Gasteiger partial charge in [0.05, 0.1) is 12.2 Å². The molecule has 4 rings (SSSR count). The number of amidine groups is 1. The summed E-state index contributed by atoms with van der Waals surface area (Å²) < 4.78 is 29.8. The van der Waals surface area contributed by atoms with Crippen molar-refractivity contribution in [3.05, 3.63) is 58.0 Å². The second-order valence-electron chi connectivity index (χ2n) is 8.15. The Morgan fingerprint density at radius 2 is 1.81 bits per heavy atom. The van der Waals surface area contributed by atoms with Gasteiger partial charge in [0.25, 0.3) is 15.6 Å². The van der Waals surface area contributed by atoms with Gasteiger partial charge in [0.1, 0.15) is 4.90 Å². The van der Waals surface area contributed by atoms with Crippen LogP contribution in [0.4, 0.5) is 0 Å². The Kier molecular flexibility index (Phi) is 3.99. The van der Waals surface area contributed by atoms with Gasteiger partial charge in [-0.1, -0.05) is 32.9 Å². The van der Waals surface area contributed by atoms with Gasteiger partial charge in [-0.25, -0.2) is 4.68 Å². The van der Waals surface area contributed by atoms with E-state index >= 15 is 0 Å². The van der Waals surface area contributed by atoms with E-state index in [1.54, 1.807) is 30.3 Å². The van der Waals surface area contributed by atoms with E-state index in [0.717, 1.165) is 5.69 Å². The summed E-state index contributed by atoms with van der Waals surface area (Å²) >= 11 is 0. The average Bonchev–Trinajstić information content (AvgIpc) is 2.82. The molecule has 0 atom stereocenters. The van der Waals surface area contributed by atoms with Crippen LogP contribution < -0.4 is 5.56 Å². The molecule has 1 aromatic heterocycles. The quantitative estimate of drug-likeness (QED) is 0.783. The van der Waals surface area contributed by atoms with Crippen molar-refractivity contribution in [2.45, 2.75) is 37.6 Å². The molecule has 1 aromatic carbocycles. The molecule has 0 saturated carbocycles. The number of hydrogen-bond acceptors (Lipinski definition) is 5. The second-order valence-corrected chi connectivity index (χ2v) is 9.72. The standard InChI is InChI=1S/C19H22N4O3S/c1-19(2,3)16-8-9-17(24)23(20-16)12-13-10-22(11-13)18-14-6-4-5-7-15(14)27(25,26)21-18/h4-9,13H,10-12H2,1-3H3. The van der Waals surface area contributed by atoms with Gasteiger partial charge in [-0.3, -0.25) is 4.79 Å².